The Morgan fingerprint density at radius 2 is 1.79 bits per heavy atom. The van der Waals surface area contributed by atoms with Crippen molar-refractivity contribution in [3.63, 3.8) is 0 Å². The van der Waals surface area contributed by atoms with Crippen molar-refractivity contribution in [1.29, 1.82) is 0 Å². The average molecular weight is 467 g/mol. The third-order valence-corrected chi connectivity index (χ3v) is 7.35. The van der Waals surface area contributed by atoms with Crippen molar-refractivity contribution in [2.45, 2.75) is 69.5 Å². The van der Waals surface area contributed by atoms with Gasteiger partial charge in [-0.1, -0.05) is 0 Å². The fourth-order valence-electron chi connectivity index (χ4n) is 5.43. The van der Waals surface area contributed by atoms with E-state index in [2.05, 4.69) is 30.7 Å². The Morgan fingerprint density at radius 1 is 1.03 bits per heavy atom. The van der Waals surface area contributed by atoms with E-state index in [1.165, 1.54) is 0 Å². The SMILES string of the molecule is CN[C@H]1CC[C@H](Nc2ncc3c(-c4cnc5nc(C)n(C6CC(F)(F)C6)c5c4)ccn3n2)CC1. The van der Waals surface area contributed by atoms with Crippen molar-refractivity contribution in [1.82, 2.24) is 34.4 Å². The minimum Gasteiger partial charge on any atom is -0.350 e. The number of halogens is 2. The molecule has 0 amide bonds. The topological polar surface area (TPSA) is 85.0 Å². The van der Waals surface area contributed by atoms with E-state index in [0.29, 0.717) is 29.5 Å². The van der Waals surface area contributed by atoms with E-state index in [4.69, 9.17) is 0 Å². The molecule has 2 N–H and O–H groups in total. The van der Waals surface area contributed by atoms with Crippen LogP contribution >= 0.6 is 0 Å². The summed E-state index contributed by atoms with van der Waals surface area (Å²) >= 11 is 0. The Bertz CT molecular complexity index is 1340. The maximum Gasteiger partial charge on any atom is 0.252 e. The first-order chi connectivity index (χ1) is 16.4. The molecule has 4 aromatic rings. The van der Waals surface area contributed by atoms with Crippen molar-refractivity contribution in [3.05, 3.63) is 36.5 Å². The normalized spacial score (nSPS) is 22.8. The summed E-state index contributed by atoms with van der Waals surface area (Å²) in [5.41, 5.74) is 4.06. The molecule has 0 spiro atoms. The number of imidazole rings is 1. The van der Waals surface area contributed by atoms with E-state index < -0.39 is 5.92 Å². The fourth-order valence-corrected chi connectivity index (χ4v) is 5.43. The predicted molar refractivity (Wildman–Crippen MR) is 126 cm³/mol. The van der Waals surface area contributed by atoms with Crippen LogP contribution in [0.25, 0.3) is 27.8 Å². The first kappa shape index (κ1) is 21.4. The Hall–Kier alpha value is -3.14. The molecule has 0 aromatic carbocycles. The zero-order chi connectivity index (χ0) is 23.4. The Kier molecular flexibility index (Phi) is 5.02. The summed E-state index contributed by atoms with van der Waals surface area (Å²) in [7, 11) is 2.02. The molecule has 8 nitrogen and oxygen atoms in total. The number of pyridine rings is 1. The predicted octanol–water partition coefficient (Wildman–Crippen LogP) is 4.36. The van der Waals surface area contributed by atoms with E-state index in [-0.39, 0.29) is 18.9 Å². The minimum atomic E-state index is -2.59. The van der Waals surface area contributed by atoms with Gasteiger partial charge in [-0.25, -0.2) is 28.2 Å². The van der Waals surface area contributed by atoms with Crippen LogP contribution in [0, 0.1) is 6.92 Å². The van der Waals surface area contributed by atoms with Gasteiger partial charge < -0.3 is 15.2 Å². The highest BCUT2D eigenvalue weighted by Crippen LogP contribution is 2.47. The van der Waals surface area contributed by atoms with Gasteiger partial charge in [0.2, 0.25) is 5.95 Å². The molecule has 0 aliphatic heterocycles. The van der Waals surface area contributed by atoms with Gasteiger partial charge >= 0.3 is 0 Å². The molecular weight excluding hydrogens is 438 g/mol. The van der Waals surface area contributed by atoms with Gasteiger partial charge in [-0.05, 0) is 51.8 Å². The summed E-state index contributed by atoms with van der Waals surface area (Å²) in [5, 5.41) is 11.5. The van der Waals surface area contributed by atoms with Crippen LogP contribution in [0.1, 0.15) is 50.4 Å². The molecule has 2 aliphatic carbocycles. The lowest BCUT2D eigenvalue weighted by Gasteiger charge is -2.36. The van der Waals surface area contributed by atoms with E-state index in [0.717, 1.165) is 47.8 Å². The molecule has 0 atom stereocenters. The van der Waals surface area contributed by atoms with E-state index in [1.54, 1.807) is 6.20 Å². The number of anilines is 1. The smallest absolute Gasteiger partial charge is 0.252 e. The number of nitrogens with one attached hydrogen (secondary N) is 2. The molecule has 4 aromatic heterocycles. The van der Waals surface area contributed by atoms with Gasteiger partial charge in [-0.2, -0.15) is 0 Å². The third kappa shape index (κ3) is 3.70. The molecule has 34 heavy (non-hydrogen) atoms. The second kappa shape index (κ2) is 7.97. The molecule has 6 rings (SSSR count). The maximum atomic E-state index is 13.5. The lowest BCUT2D eigenvalue weighted by atomic mass is 9.87. The summed E-state index contributed by atoms with van der Waals surface area (Å²) in [6.45, 7) is 1.85. The zero-order valence-corrected chi connectivity index (χ0v) is 19.3. The monoisotopic (exact) mass is 466 g/mol. The molecule has 0 saturated heterocycles. The molecule has 2 saturated carbocycles. The highest BCUT2D eigenvalue weighted by molar-refractivity contribution is 5.85. The van der Waals surface area contributed by atoms with Crippen LogP contribution in [0.3, 0.4) is 0 Å². The molecule has 2 fully saturated rings. The van der Waals surface area contributed by atoms with Crippen LogP contribution in [0.5, 0.6) is 0 Å². The van der Waals surface area contributed by atoms with Gasteiger partial charge in [0.05, 0.1) is 17.2 Å². The number of aromatic nitrogens is 6. The number of nitrogens with zero attached hydrogens (tertiary/aromatic N) is 6. The van der Waals surface area contributed by atoms with E-state index in [9.17, 15) is 8.78 Å². The maximum absolute atomic E-state index is 13.5. The Labute approximate surface area is 195 Å². The number of alkyl halides is 2. The lowest BCUT2D eigenvalue weighted by molar-refractivity contribution is -0.103. The second-order valence-corrected chi connectivity index (χ2v) is 9.64. The van der Waals surface area contributed by atoms with Crippen molar-refractivity contribution in [2.24, 2.45) is 0 Å². The Morgan fingerprint density at radius 3 is 2.53 bits per heavy atom. The van der Waals surface area contributed by atoms with E-state index in [1.807, 2.05) is 47.6 Å². The Balaban J connectivity index is 1.28. The van der Waals surface area contributed by atoms with Crippen LogP contribution in [0.15, 0.2) is 30.7 Å². The summed E-state index contributed by atoms with van der Waals surface area (Å²) < 4.78 is 30.8. The van der Waals surface area contributed by atoms with Crippen LogP contribution in [0.2, 0.25) is 0 Å². The molecule has 0 radical (unpaired) electrons. The van der Waals surface area contributed by atoms with Crippen LogP contribution in [0.4, 0.5) is 14.7 Å². The highest BCUT2D eigenvalue weighted by atomic mass is 19.3. The first-order valence-electron chi connectivity index (χ1n) is 11.9. The summed E-state index contributed by atoms with van der Waals surface area (Å²) in [6.07, 6.45) is 9.68. The number of hydrogen-bond donors (Lipinski definition) is 2. The van der Waals surface area contributed by atoms with Crippen molar-refractivity contribution in [3.8, 4) is 11.1 Å². The number of aryl methyl sites for hydroxylation is 1. The van der Waals surface area contributed by atoms with Gasteiger partial charge in [0, 0.05) is 54.5 Å². The van der Waals surface area contributed by atoms with Gasteiger partial charge in [0.15, 0.2) is 5.65 Å². The zero-order valence-electron chi connectivity index (χ0n) is 19.3. The van der Waals surface area contributed by atoms with Crippen molar-refractivity contribution < 1.29 is 8.78 Å². The fraction of sp³-hybridized carbons (Fsp3) is 0.500. The number of hydrogen-bond acceptors (Lipinski definition) is 6. The molecule has 2 aliphatic rings. The number of fused-ring (bicyclic) bond motifs is 2. The second-order valence-electron chi connectivity index (χ2n) is 9.64. The van der Waals surface area contributed by atoms with Gasteiger partial charge in [-0.15, -0.1) is 5.10 Å². The summed E-state index contributed by atoms with van der Waals surface area (Å²) in [5.74, 6) is -1.26. The van der Waals surface area contributed by atoms with Crippen LogP contribution < -0.4 is 10.6 Å². The van der Waals surface area contributed by atoms with Crippen molar-refractivity contribution in [2.75, 3.05) is 12.4 Å². The molecule has 178 valence electrons. The van der Waals surface area contributed by atoms with Crippen LogP contribution in [-0.2, 0) is 0 Å². The van der Waals surface area contributed by atoms with E-state index >= 15 is 0 Å². The van der Waals surface area contributed by atoms with Gasteiger partial charge in [-0.3, -0.25) is 0 Å². The standard InChI is InChI=1S/C24H28F2N8/c1-14-30-22-20(34(14)18-10-24(25,26)11-18)9-15(12-28-22)19-7-8-33-21(19)13-29-23(32-33)31-17-5-3-16(27-2)4-6-17/h7-9,12-13,16-18,27H,3-6,10-11H2,1-2H3,(H,31,32)/t16-,17-. The van der Waals surface area contributed by atoms with Gasteiger partial charge in [0.1, 0.15) is 5.82 Å². The van der Waals surface area contributed by atoms with Crippen LogP contribution in [-0.4, -0.2) is 54.2 Å². The highest BCUT2D eigenvalue weighted by Gasteiger charge is 2.47. The lowest BCUT2D eigenvalue weighted by Crippen LogP contribution is -2.37. The summed E-state index contributed by atoms with van der Waals surface area (Å²) in [4.78, 5) is 13.6. The van der Waals surface area contributed by atoms with Gasteiger partial charge in [0.25, 0.3) is 5.92 Å². The third-order valence-electron chi connectivity index (χ3n) is 7.35. The quantitative estimate of drug-likeness (QED) is 0.455. The van der Waals surface area contributed by atoms with Crippen molar-refractivity contribution >= 4 is 22.6 Å². The molecule has 0 unspecified atom stereocenters. The molecule has 10 heteroatoms. The summed E-state index contributed by atoms with van der Waals surface area (Å²) in [6, 6.07) is 4.70. The average Bonchev–Trinajstić information content (AvgIpc) is 3.37. The first-order valence-corrected chi connectivity index (χ1v) is 11.9. The molecule has 4 heterocycles. The minimum absolute atomic E-state index is 0.154. The largest absolute Gasteiger partial charge is 0.350 e. The number of rotatable bonds is 5. The molecule has 0 bridgehead atoms. The molecular formula is C24H28F2N8.